The van der Waals surface area contributed by atoms with Crippen LogP contribution in [0.2, 0.25) is 0 Å². The van der Waals surface area contributed by atoms with Crippen molar-refractivity contribution in [3.8, 4) is 0 Å². The third-order valence-electron chi connectivity index (χ3n) is 2.09. The molecule has 0 aromatic heterocycles. The Balaban J connectivity index is 3.53. The van der Waals surface area contributed by atoms with E-state index >= 15 is 0 Å². The molecule has 0 aliphatic heterocycles. The minimum absolute atomic E-state index is 0.237. The Hall–Kier alpha value is -0.610. The Kier molecular flexibility index (Phi) is 7.34. The summed E-state index contributed by atoms with van der Waals surface area (Å²) in [6.07, 6.45) is 1.93. The number of ether oxygens (including phenoxy) is 3. The monoisotopic (exact) mass is 218 g/mol. The largest absolute Gasteiger partial charge is 0.469 e. The van der Waals surface area contributed by atoms with Gasteiger partial charge in [-0.2, -0.15) is 0 Å². The zero-order chi connectivity index (χ0) is 11.7. The lowest BCUT2D eigenvalue weighted by atomic mass is 9.95. The molecule has 15 heavy (non-hydrogen) atoms. The molecule has 0 rings (SSSR count). The maximum Gasteiger partial charge on any atom is 0.313 e. The van der Waals surface area contributed by atoms with Crippen LogP contribution in [-0.2, 0) is 19.0 Å². The summed E-state index contributed by atoms with van der Waals surface area (Å²) in [5.41, 5.74) is -0.560. The third kappa shape index (κ3) is 6.47. The summed E-state index contributed by atoms with van der Waals surface area (Å²) in [5.74, 6) is -0.237. The van der Waals surface area contributed by atoms with Crippen LogP contribution in [0.25, 0.3) is 0 Å². The predicted octanol–water partition coefficient (Wildman–Crippen LogP) is 1.63. The molecule has 0 aliphatic carbocycles. The van der Waals surface area contributed by atoms with Crippen molar-refractivity contribution in [2.75, 3.05) is 34.0 Å². The number of rotatable bonds is 8. The van der Waals surface area contributed by atoms with Gasteiger partial charge in [-0.25, -0.2) is 0 Å². The smallest absolute Gasteiger partial charge is 0.313 e. The van der Waals surface area contributed by atoms with Crippen molar-refractivity contribution < 1.29 is 19.0 Å². The summed E-state index contributed by atoms with van der Waals surface area (Å²) in [4.78, 5) is 11.3. The molecule has 0 heterocycles. The zero-order valence-corrected chi connectivity index (χ0v) is 10.2. The van der Waals surface area contributed by atoms with Gasteiger partial charge in [0, 0.05) is 20.3 Å². The minimum atomic E-state index is -0.560. The molecule has 4 heteroatoms. The summed E-state index contributed by atoms with van der Waals surface area (Å²) >= 11 is 0. The van der Waals surface area contributed by atoms with E-state index in [-0.39, 0.29) is 5.97 Å². The molecule has 90 valence electrons. The fourth-order valence-corrected chi connectivity index (χ4v) is 1.11. The van der Waals surface area contributed by atoms with Crippen LogP contribution in [0.5, 0.6) is 0 Å². The highest BCUT2D eigenvalue weighted by atomic mass is 16.5. The van der Waals surface area contributed by atoms with Crippen LogP contribution in [0.3, 0.4) is 0 Å². The molecule has 0 amide bonds. The molecule has 0 N–H and O–H groups in total. The van der Waals surface area contributed by atoms with E-state index in [4.69, 9.17) is 9.47 Å². The molecule has 0 bridgehead atoms. The summed E-state index contributed by atoms with van der Waals surface area (Å²) in [5, 5.41) is 0. The Bertz CT molecular complexity index is 177. The number of carbonyl (C=O) groups excluding carboxylic acids is 1. The molecule has 0 saturated heterocycles. The third-order valence-corrected chi connectivity index (χ3v) is 2.09. The maximum atomic E-state index is 11.3. The van der Waals surface area contributed by atoms with E-state index in [1.54, 1.807) is 7.11 Å². The first-order chi connectivity index (χ1) is 7.04. The summed E-state index contributed by atoms with van der Waals surface area (Å²) in [6.45, 7) is 5.43. The Labute approximate surface area is 91.9 Å². The van der Waals surface area contributed by atoms with E-state index in [0.717, 1.165) is 19.4 Å². The Morgan fingerprint density at radius 2 is 1.73 bits per heavy atom. The van der Waals surface area contributed by atoms with Gasteiger partial charge in [-0.15, -0.1) is 0 Å². The highest BCUT2D eigenvalue weighted by Gasteiger charge is 2.28. The lowest BCUT2D eigenvalue weighted by Gasteiger charge is -2.21. The van der Waals surface area contributed by atoms with Crippen LogP contribution in [0.4, 0.5) is 0 Å². The molecule has 0 aliphatic rings. The van der Waals surface area contributed by atoms with Crippen LogP contribution in [0.1, 0.15) is 26.7 Å². The number of methoxy groups -OCH3 is 2. The first kappa shape index (κ1) is 14.4. The highest BCUT2D eigenvalue weighted by Crippen LogP contribution is 2.17. The Morgan fingerprint density at radius 3 is 2.27 bits per heavy atom. The van der Waals surface area contributed by atoms with E-state index in [1.807, 2.05) is 13.8 Å². The molecule has 0 spiro atoms. The van der Waals surface area contributed by atoms with Crippen molar-refractivity contribution in [2.45, 2.75) is 26.7 Å². The zero-order valence-electron chi connectivity index (χ0n) is 10.2. The first-order valence-electron chi connectivity index (χ1n) is 5.19. The van der Waals surface area contributed by atoms with Crippen LogP contribution in [-0.4, -0.2) is 40.0 Å². The van der Waals surface area contributed by atoms with Gasteiger partial charge in [0.2, 0.25) is 0 Å². The van der Waals surface area contributed by atoms with Gasteiger partial charge in [0.15, 0.2) is 0 Å². The molecule has 0 radical (unpaired) electrons. The van der Waals surface area contributed by atoms with Crippen molar-refractivity contribution in [3.63, 3.8) is 0 Å². The van der Waals surface area contributed by atoms with Crippen molar-refractivity contribution in [3.05, 3.63) is 0 Å². The number of unbranched alkanes of at least 4 members (excludes halogenated alkanes) is 1. The molecule has 0 atom stereocenters. The van der Waals surface area contributed by atoms with Crippen molar-refractivity contribution in [1.82, 2.24) is 0 Å². The molecule has 4 nitrogen and oxygen atoms in total. The summed E-state index contributed by atoms with van der Waals surface area (Å²) in [7, 11) is 3.07. The van der Waals surface area contributed by atoms with Crippen molar-refractivity contribution in [1.29, 1.82) is 0 Å². The van der Waals surface area contributed by atoms with E-state index in [1.165, 1.54) is 7.11 Å². The number of hydrogen-bond donors (Lipinski definition) is 0. The SMILES string of the molecule is COCCCCOCC(C)(C)C(=O)OC. The quantitative estimate of drug-likeness (QED) is 0.459. The molecule has 0 unspecified atom stereocenters. The van der Waals surface area contributed by atoms with E-state index in [9.17, 15) is 4.79 Å². The van der Waals surface area contributed by atoms with Gasteiger partial charge in [0.05, 0.1) is 19.1 Å². The van der Waals surface area contributed by atoms with Crippen LogP contribution in [0, 0.1) is 5.41 Å². The molecular formula is C11H22O4. The second-order valence-electron chi connectivity index (χ2n) is 4.13. The summed E-state index contributed by atoms with van der Waals surface area (Å²) < 4.78 is 15.0. The van der Waals surface area contributed by atoms with Crippen LogP contribution < -0.4 is 0 Å². The van der Waals surface area contributed by atoms with E-state index in [0.29, 0.717) is 13.2 Å². The van der Waals surface area contributed by atoms with Gasteiger partial charge in [-0.1, -0.05) is 0 Å². The average Bonchev–Trinajstić information content (AvgIpc) is 2.22. The molecule has 0 aromatic rings. The highest BCUT2D eigenvalue weighted by molar-refractivity contribution is 5.75. The topological polar surface area (TPSA) is 44.8 Å². The van der Waals surface area contributed by atoms with Gasteiger partial charge < -0.3 is 14.2 Å². The van der Waals surface area contributed by atoms with Crippen LogP contribution in [0.15, 0.2) is 0 Å². The van der Waals surface area contributed by atoms with Crippen molar-refractivity contribution >= 4 is 5.97 Å². The van der Waals surface area contributed by atoms with Gasteiger partial charge in [0.1, 0.15) is 0 Å². The normalized spacial score (nSPS) is 11.5. The fourth-order valence-electron chi connectivity index (χ4n) is 1.11. The van der Waals surface area contributed by atoms with E-state index < -0.39 is 5.41 Å². The van der Waals surface area contributed by atoms with Gasteiger partial charge in [-0.3, -0.25) is 4.79 Å². The molecule has 0 fully saturated rings. The first-order valence-corrected chi connectivity index (χ1v) is 5.19. The predicted molar refractivity (Wildman–Crippen MR) is 57.7 cm³/mol. The number of esters is 1. The Morgan fingerprint density at radius 1 is 1.13 bits per heavy atom. The molecule has 0 aromatic carbocycles. The van der Waals surface area contributed by atoms with Gasteiger partial charge in [-0.05, 0) is 26.7 Å². The number of carbonyl (C=O) groups is 1. The van der Waals surface area contributed by atoms with Gasteiger partial charge >= 0.3 is 5.97 Å². The molecule has 0 saturated carbocycles. The minimum Gasteiger partial charge on any atom is -0.469 e. The van der Waals surface area contributed by atoms with E-state index in [2.05, 4.69) is 4.74 Å². The standard InChI is InChI=1S/C11H22O4/c1-11(2,10(12)14-4)9-15-8-6-5-7-13-3/h5-9H2,1-4H3. The van der Waals surface area contributed by atoms with Crippen LogP contribution >= 0.6 is 0 Å². The number of hydrogen-bond acceptors (Lipinski definition) is 4. The lowest BCUT2D eigenvalue weighted by molar-refractivity contribution is -0.154. The summed E-state index contributed by atoms with van der Waals surface area (Å²) in [6, 6.07) is 0. The fraction of sp³-hybridized carbons (Fsp3) is 0.909. The van der Waals surface area contributed by atoms with Crippen molar-refractivity contribution in [2.24, 2.45) is 5.41 Å². The molecular weight excluding hydrogens is 196 g/mol. The second-order valence-corrected chi connectivity index (χ2v) is 4.13. The lowest BCUT2D eigenvalue weighted by Crippen LogP contribution is -2.30. The average molecular weight is 218 g/mol. The maximum absolute atomic E-state index is 11.3. The second kappa shape index (κ2) is 7.65. The van der Waals surface area contributed by atoms with Gasteiger partial charge in [0.25, 0.3) is 0 Å².